The zero-order valence-corrected chi connectivity index (χ0v) is 14.2. The summed E-state index contributed by atoms with van der Waals surface area (Å²) in [6, 6.07) is 7.27. The lowest BCUT2D eigenvalue weighted by Gasteiger charge is -2.08. The number of hydrogen-bond donors (Lipinski definition) is 2. The fourth-order valence-electron chi connectivity index (χ4n) is 2.49. The average Bonchev–Trinajstić information content (AvgIpc) is 3.11. The van der Waals surface area contributed by atoms with Crippen LogP contribution in [0.5, 0.6) is 11.5 Å². The summed E-state index contributed by atoms with van der Waals surface area (Å²) in [6.45, 7) is 3.62. The van der Waals surface area contributed by atoms with Crippen LogP contribution in [0.1, 0.15) is 42.2 Å². The maximum absolute atomic E-state index is 12.3. The van der Waals surface area contributed by atoms with E-state index >= 15 is 0 Å². The van der Waals surface area contributed by atoms with Crippen molar-refractivity contribution in [2.75, 3.05) is 18.7 Å². The van der Waals surface area contributed by atoms with Crippen LogP contribution in [0.2, 0.25) is 0 Å². The molecular weight excluding hydrogens is 320 g/mol. The van der Waals surface area contributed by atoms with Crippen LogP contribution in [-0.2, 0) is 6.54 Å². The number of rotatable bonds is 8. The second kappa shape index (κ2) is 8.32. The molecule has 1 aromatic heterocycles. The minimum atomic E-state index is -0.239. The fourth-order valence-corrected chi connectivity index (χ4v) is 2.49. The Balaban J connectivity index is 1.54. The molecule has 0 radical (unpaired) electrons. The van der Waals surface area contributed by atoms with E-state index in [9.17, 15) is 4.79 Å². The molecule has 0 saturated heterocycles. The number of carbonyl (C=O) groups excluding carboxylic acids is 1. The fraction of sp³-hybridized carbons (Fsp3) is 0.389. The van der Waals surface area contributed by atoms with E-state index in [1.807, 2.05) is 18.2 Å². The van der Waals surface area contributed by atoms with E-state index in [1.54, 1.807) is 6.07 Å². The van der Waals surface area contributed by atoms with Crippen molar-refractivity contribution in [1.82, 2.24) is 15.3 Å². The third-order valence-electron chi connectivity index (χ3n) is 3.88. The maximum atomic E-state index is 12.3. The summed E-state index contributed by atoms with van der Waals surface area (Å²) in [6.07, 6.45) is 4.81. The van der Waals surface area contributed by atoms with E-state index in [-0.39, 0.29) is 12.7 Å². The van der Waals surface area contributed by atoms with Crippen LogP contribution in [0.15, 0.2) is 30.6 Å². The Morgan fingerprint density at radius 1 is 1.16 bits per heavy atom. The van der Waals surface area contributed by atoms with Crippen molar-refractivity contribution < 1.29 is 14.3 Å². The first kappa shape index (κ1) is 17.0. The van der Waals surface area contributed by atoms with Gasteiger partial charge < -0.3 is 20.1 Å². The number of nitrogens with one attached hydrogen (secondary N) is 2. The highest BCUT2D eigenvalue weighted by molar-refractivity contribution is 5.92. The Morgan fingerprint density at radius 2 is 2.04 bits per heavy atom. The van der Waals surface area contributed by atoms with Gasteiger partial charge in [-0.15, -0.1) is 0 Å². The molecule has 1 aliphatic heterocycles. The minimum Gasteiger partial charge on any atom is -0.454 e. The van der Waals surface area contributed by atoms with Gasteiger partial charge in [-0.05, 0) is 24.1 Å². The van der Waals surface area contributed by atoms with Gasteiger partial charge in [-0.2, -0.15) is 0 Å². The molecule has 0 atom stereocenters. The van der Waals surface area contributed by atoms with E-state index < -0.39 is 0 Å². The van der Waals surface area contributed by atoms with Gasteiger partial charge >= 0.3 is 0 Å². The Bertz CT molecular complexity index is 736. The van der Waals surface area contributed by atoms with Crippen LogP contribution in [-0.4, -0.2) is 29.2 Å². The van der Waals surface area contributed by atoms with Crippen LogP contribution < -0.4 is 20.1 Å². The third kappa shape index (κ3) is 4.59. The molecule has 0 unspecified atom stereocenters. The molecule has 1 amide bonds. The van der Waals surface area contributed by atoms with Crippen LogP contribution in [0, 0.1) is 0 Å². The molecule has 25 heavy (non-hydrogen) atoms. The van der Waals surface area contributed by atoms with Crippen molar-refractivity contribution >= 4 is 11.7 Å². The maximum Gasteiger partial charge on any atom is 0.270 e. The molecule has 2 N–H and O–H groups in total. The van der Waals surface area contributed by atoms with Crippen molar-refractivity contribution in [2.24, 2.45) is 0 Å². The number of amides is 1. The van der Waals surface area contributed by atoms with Crippen LogP contribution in [0.25, 0.3) is 0 Å². The lowest BCUT2D eigenvalue weighted by Crippen LogP contribution is -2.24. The summed E-state index contributed by atoms with van der Waals surface area (Å²) in [7, 11) is 0. The van der Waals surface area contributed by atoms with Crippen LogP contribution in [0.3, 0.4) is 0 Å². The summed E-state index contributed by atoms with van der Waals surface area (Å²) in [4.78, 5) is 20.5. The van der Waals surface area contributed by atoms with E-state index in [1.165, 1.54) is 19.2 Å². The highest BCUT2D eigenvalue weighted by atomic mass is 16.7. The van der Waals surface area contributed by atoms with Crippen molar-refractivity contribution in [3.05, 3.63) is 41.9 Å². The summed E-state index contributed by atoms with van der Waals surface area (Å²) >= 11 is 0. The third-order valence-corrected chi connectivity index (χ3v) is 3.88. The van der Waals surface area contributed by atoms with Crippen LogP contribution in [0.4, 0.5) is 5.82 Å². The standard InChI is InChI=1S/C18H22N4O3/c1-2-3-4-7-19-17-9-14(21-11-22-17)18(23)20-10-13-5-6-15-16(8-13)25-12-24-15/h5-6,8-9,11H,2-4,7,10,12H2,1H3,(H,20,23)(H,19,21,22). The van der Waals surface area contributed by atoms with Gasteiger partial charge in [-0.3, -0.25) is 4.79 Å². The monoisotopic (exact) mass is 342 g/mol. The second-order valence-electron chi connectivity index (χ2n) is 5.79. The smallest absolute Gasteiger partial charge is 0.270 e. The minimum absolute atomic E-state index is 0.236. The first-order chi connectivity index (χ1) is 12.3. The van der Waals surface area contributed by atoms with Gasteiger partial charge in [0.05, 0.1) is 0 Å². The van der Waals surface area contributed by atoms with Crippen molar-refractivity contribution in [2.45, 2.75) is 32.7 Å². The van der Waals surface area contributed by atoms with Crippen molar-refractivity contribution in [1.29, 1.82) is 0 Å². The molecule has 132 valence electrons. The van der Waals surface area contributed by atoms with E-state index in [0.29, 0.717) is 23.8 Å². The molecule has 0 saturated carbocycles. The average molecular weight is 342 g/mol. The molecule has 0 spiro atoms. The second-order valence-corrected chi connectivity index (χ2v) is 5.79. The summed E-state index contributed by atoms with van der Waals surface area (Å²) in [5.74, 6) is 1.85. The Morgan fingerprint density at radius 3 is 2.92 bits per heavy atom. The van der Waals surface area contributed by atoms with Gasteiger partial charge in [0.15, 0.2) is 11.5 Å². The predicted molar refractivity (Wildman–Crippen MR) is 93.8 cm³/mol. The lowest BCUT2D eigenvalue weighted by molar-refractivity contribution is 0.0945. The summed E-state index contributed by atoms with van der Waals surface area (Å²) in [5.41, 5.74) is 1.28. The molecule has 1 aromatic carbocycles. The topological polar surface area (TPSA) is 85.4 Å². The molecule has 0 aliphatic carbocycles. The Hall–Kier alpha value is -2.83. The highest BCUT2D eigenvalue weighted by Crippen LogP contribution is 2.32. The Kier molecular flexibility index (Phi) is 5.66. The summed E-state index contributed by atoms with van der Waals surface area (Å²) < 4.78 is 10.6. The number of nitrogens with zero attached hydrogens (tertiary/aromatic N) is 2. The van der Waals surface area contributed by atoms with E-state index in [2.05, 4.69) is 27.5 Å². The van der Waals surface area contributed by atoms with Crippen LogP contribution >= 0.6 is 0 Å². The molecule has 2 aromatic rings. The number of aromatic nitrogens is 2. The molecule has 0 fully saturated rings. The lowest BCUT2D eigenvalue weighted by atomic mass is 10.2. The van der Waals surface area contributed by atoms with Gasteiger partial charge in [0.1, 0.15) is 17.8 Å². The normalized spacial score (nSPS) is 12.0. The molecule has 7 nitrogen and oxygen atoms in total. The molecule has 1 aliphatic rings. The zero-order chi connectivity index (χ0) is 17.5. The highest BCUT2D eigenvalue weighted by Gasteiger charge is 2.14. The first-order valence-electron chi connectivity index (χ1n) is 8.49. The van der Waals surface area contributed by atoms with Gasteiger partial charge in [0.2, 0.25) is 6.79 Å². The largest absolute Gasteiger partial charge is 0.454 e. The quantitative estimate of drug-likeness (QED) is 0.718. The molecule has 0 bridgehead atoms. The van der Waals surface area contributed by atoms with Gasteiger partial charge in [0.25, 0.3) is 5.91 Å². The first-order valence-corrected chi connectivity index (χ1v) is 8.49. The molecule has 2 heterocycles. The van der Waals surface area contributed by atoms with Gasteiger partial charge in [-0.25, -0.2) is 9.97 Å². The number of benzene rings is 1. The number of carbonyl (C=O) groups is 1. The van der Waals surface area contributed by atoms with Crippen molar-refractivity contribution in [3.8, 4) is 11.5 Å². The van der Waals surface area contributed by atoms with Gasteiger partial charge in [0, 0.05) is 19.2 Å². The summed E-state index contributed by atoms with van der Waals surface area (Å²) in [5, 5.41) is 6.07. The molecular formula is C18H22N4O3. The molecule has 7 heteroatoms. The zero-order valence-electron chi connectivity index (χ0n) is 14.2. The molecule has 3 rings (SSSR count). The number of fused-ring (bicyclic) bond motifs is 1. The van der Waals surface area contributed by atoms with E-state index in [4.69, 9.17) is 9.47 Å². The number of anilines is 1. The van der Waals surface area contributed by atoms with Crippen molar-refractivity contribution in [3.63, 3.8) is 0 Å². The predicted octanol–water partition coefficient (Wildman–Crippen LogP) is 2.74. The number of ether oxygens (including phenoxy) is 2. The Labute approximate surface area is 146 Å². The number of unbranched alkanes of at least 4 members (excludes halogenated alkanes) is 2. The SMILES string of the molecule is CCCCCNc1cc(C(=O)NCc2ccc3c(c2)OCO3)ncn1. The van der Waals surface area contributed by atoms with Gasteiger partial charge in [-0.1, -0.05) is 25.8 Å². The number of hydrogen-bond acceptors (Lipinski definition) is 6. The van der Waals surface area contributed by atoms with E-state index in [0.717, 1.165) is 24.3 Å².